The van der Waals surface area contributed by atoms with Crippen LogP contribution in [0.5, 0.6) is 0 Å². The van der Waals surface area contributed by atoms with Gasteiger partial charge in [0, 0.05) is 34.6 Å². The second kappa shape index (κ2) is 6.21. The molecule has 1 aromatic heterocycles. The second-order valence-corrected chi connectivity index (χ2v) is 4.40. The molecule has 1 aromatic carbocycles. The van der Waals surface area contributed by atoms with Crippen molar-refractivity contribution in [2.75, 3.05) is 6.54 Å². The molecule has 1 heterocycles. The summed E-state index contributed by atoms with van der Waals surface area (Å²) in [6.45, 7) is 0.100. The molecule has 7 heteroatoms. The van der Waals surface area contributed by atoms with Gasteiger partial charge in [0.2, 0.25) is 0 Å². The molecule has 0 fully saturated rings. The highest BCUT2D eigenvalue weighted by atomic mass is 16.3. The lowest BCUT2D eigenvalue weighted by molar-refractivity contribution is 0.0151. The molecular weight excluding hydrogens is 260 g/mol. The number of hydrogen-bond acceptors (Lipinski definition) is 4. The Balaban J connectivity index is 2.26. The third-order valence-electron chi connectivity index (χ3n) is 3.08. The van der Waals surface area contributed by atoms with Crippen LogP contribution in [0.3, 0.4) is 0 Å². The number of H-pyrrole nitrogens is 1. The number of nitrogens with one attached hydrogen (secondary N) is 1. The Bertz CT molecular complexity index is 706. The lowest BCUT2D eigenvalue weighted by Gasteiger charge is -2.17. The SMILES string of the molecule is [N-]=[N+]=NCCC(O)C(O)c1ccc2[nH]ccc(=O)c2c1. The van der Waals surface area contributed by atoms with Crippen LogP contribution in [0.2, 0.25) is 0 Å². The maximum atomic E-state index is 11.7. The van der Waals surface area contributed by atoms with Crippen molar-refractivity contribution in [3.8, 4) is 0 Å². The highest BCUT2D eigenvalue weighted by molar-refractivity contribution is 5.78. The number of nitrogens with zero attached hydrogens (tertiary/aromatic N) is 3. The van der Waals surface area contributed by atoms with Gasteiger partial charge in [-0.05, 0) is 29.6 Å². The number of rotatable bonds is 5. The van der Waals surface area contributed by atoms with Crippen LogP contribution in [-0.4, -0.2) is 27.8 Å². The largest absolute Gasteiger partial charge is 0.390 e. The minimum Gasteiger partial charge on any atom is -0.390 e. The Morgan fingerprint density at radius 1 is 1.35 bits per heavy atom. The molecule has 104 valence electrons. The van der Waals surface area contributed by atoms with Gasteiger partial charge in [0.15, 0.2) is 5.43 Å². The maximum absolute atomic E-state index is 11.7. The number of pyridine rings is 1. The molecule has 7 nitrogen and oxygen atoms in total. The minimum absolute atomic E-state index is 0.100. The summed E-state index contributed by atoms with van der Waals surface area (Å²) < 4.78 is 0. The van der Waals surface area contributed by atoms with Gasteiger partial charge in [0.05, 0.1) is 6.10 Å². The van der Waals surface area contributed by atoms with Gasteiger partial charge in [-0.2, -0.15) is 0 Å². The van der Waals surface area contributed by atoms with Crippen LogP contribution >= 0.6 is 0 Å². The van der Waals surface area contributed by atoms with E-state index in [1.807, 2.05) is 0 Å². The van der Waals surface area contributed by atoms with E-state index in [9.17, 15) is 15.0 Å². The van der Waals surface area contributed by atoms with Crippen molar-refractivity contribution in [3.05, 3.63) is 56.7 Å². The van der Waals surface area contributed by atoms with Crippen LogP contribution in [0.25, 0.3) is 21.3 Å². The van der Waals surface area contributed by atoms with Crippen LogP contribution < -0.4 is 5.43 Å². The van der Waals surface area contributed by atoms with Crippen molar-refractivity contribution >= 4 is 10.9 Å². The summed E-state index contributed by atoms with van der Waals surface area (Å²) in [5.74, 6) is 0. The molecule has 0 aliphatic rings. The van der Waals surface area contributed by atoms with Crippen LogP contribution in [0.4, 0.5) is 0 Å². The number of aromatic nitrogens is 1. The molecule has 0 aliphatic carbocycles. The zero-order valence-electron chi connectivity index (χ0n) is 10.6. The molecule has 0 spiro atoms. The van der Waals surface area contributed by atoms with E-state index in [0.29, 0.717) is 16.5 Å². The molecule has 0 radical (unpaired) electrons. The second-order valence-electron chi connectivity index (χ2n) is 4.40. The molecule has 2 unspecified atom stereocenters. The lowest BCUT2D eigenvalue weighted by Crippen LogP contribution is -2.19. The van der Waals surface area contributed by atoms with Gasteiger partial charge in [-0.1, -0.05) is 11.2 Å². The van der Waals surface area contributed by atoms with E-state index in [0.717, 1.165) is 0 Å². The summed E-state index contributed by atoms with van der Waals surface area (Å²) in [7, 11) is 0. The van der Waals surface area contributed by atoms with E-state index in [4.69, 9.17) is 5.53 Å². The van der Waals surface area contributed by atoms with E-state index in [2.05, 4.69) is 15.0 Å². The fourth-order valence-corrected chi connectivity index (χ4v) is 1.99. The van der Waals surface area contributed by atoms with E-state index in [1.54, 1.807) is 24.4 Å². The van der Waals surface area contributed by atoms with Crippen molar-refractivity contribution in [2.45, 2.75) is 18.6 Å². The summed E-state index contributed by atoms with van der Waals surface area (Å²) in [5.41, 5.74) is 9.11. The lowest BCUT2D eigenvalue weighted by atomic mass is 10.0. The number of aliphatic hydroxyl groups is 2. The third kappa shape index (κ3) is 2.97. The minimum atomic E-state index is -1.13. The highest BCUT2D eigenvalue weighted by Crippen LogP contribution is 2.21. The summed E-state index contributed by atoms with van der Waals surface area (Å²) >= 11 is 0. The van der Waals surface area contributed by atoms with E-state index >= 15 is 0 Å². The molecule has 2 rings (SSSR count). The predicted octanol–water partition coefficient (Wildman–Crippen LogP) is 1.62. The van der Waals surface area contributed by atoms with Crippen molar-refractivity contribution in [2.24, 2.45) is 5.11 Å². The highest BCUT2D eigenvalue weighted by Gasteiger charge is 2.18. The predicted molar refractivity (Wildman–Crippen MR) is 74.2 cm³/mol. The van der Waals surface area contributed by atoms with Crippen LogP contribution in [0.1, 0.15) is 18.1 Å². The fourth-order valence-electron chi connectivity index (χ4n) is 1.99. The van der Waals surface area contributed by atoms with Crippen molar-refractivity contribution < 1.29 is 10.2 Å². The zero-order valence-corrected chi connectivity index (χ0v) is 10.6. The Hall–Kier alpha value is -2.34. The number of aliphatic hydroxyl groups excluding tert-OH is 2. The number of aromatic amines is 1. The van der Waals surface area contributed by atoms with Crippen molar-refractivity contribution in [1.82, 2.24) is 4.98 Å². The molecule has 2 atom stereocenters. The Morgan fingerprint density at radius 2 is 2.15 bits per heavy atom. The average Bonchev–Trinajstić information content (AvgIpc) is 2.47. The van der Waals surface area contributed by atoms with Gasteiger partial charge in [-0.25, -0.2) is 0 Å². The molecule has 0 bridgehead atoms. The average molecular weight is 274 g/mol. The van der Waals surface area contributed by atoms with Crippen molar-refractivity contribution in [3.63, 3.8) is 0 Å². The number of fused-ring (bicyclic) bond motifs is 1. The summed E-state index contributed by atoms with van der Waals surface area (Å²) in [6.07, 6.45) is -0.488. The third-order valence-corrected chi connectivity index (χ3v) is 3.08. The first-order valence-electron chi connectivity index (χ1n) is 6.12. The summed E-state index contributed by atoms with van der Waals surface area (Å²) in [4.78, 5) is 17.2. The normalized spacial score (nSPS) is 13.7. The van der Waals surface area contributed by atoms with E-state index in [-0.39, 0.29) is 18.4 Å². The zero-order chi connectivity index (χ0) is 14.5. The van der Waals surface area contributed by atoms with Crippen LogP contribution in [0, 0.1) is 0 Å². The number of benzene rings is 1. The topological polar surface area (TPSA) is 122 Å². The molecule has 0 amide bonds. The molecule has 2 aromatic rings. The van der Waals surface area contributed by atoms with Gasteiger partial charge in [0.1, 0.15) is 6.10 Å². The van der Waals surface area contributed by atoms with Gasteiger partial charge in [-0.15, -0.1) is 0 Å². The molecule has 20 heavy (non-hydrogen) atoms. The monoisotopic (exact) mass is 274 g/mol. The summed E-state index contributed by atoms with van der Waals surface area (Å²) in [5, 5.41) is 23.6. The van der Waals surface area contributed by atoms with Crippen molar-refractivity contribution in [1.29, 1.82) is 0 Å². The Kier molecular flexibility index (Phi) is 4.37. The fraction of sp³-hybridized carbons (Fsp3) is 0.308. The molecule has 0 saturated carbocycles. The van der Waals surface area contributed by atoms with Gasteiger partial charge < -0.3 is 15.2 Å². The van der Waals surface area contributed by atoms with Gasteiger partial charge in [0.25, 0.3) is 0 Å². The molecule has 0 aliphatic heterocycles. The Labute approximate surface area is 114 Å². The number of azide groups is 1. The first-order valence-corrected chi connectivity index (χ1v) is 6.12. The van der Waals surface area contributed by atoms with Crippen LogP contribution in [0.15, 0.2) is 40.4 Å². The van der Waals surface area contributed by atoms with Gasteiger partial charge >= 0.3 is 0 Å². The first kappa shape index (κ1) is 14.1. The first-order chi connectivity index (χ1) is 9.63. The molecule has 3 N–H and O–H groups in total. The molecular formula is C13H14N4O3. The van der Waals surface area contributed by atoms with E-state index in [1.165, 1.54) is 6.07 Å². The Morgan fingerprint density at radius 3 is 2.90 bits per heavy atom. The quantitative estimate of drug-likeness (QED) is 0.436. The molecule has 0 saturated heterocycles. The standard InChI is InChI=1S/C13H14N4O3/c14-17-16-6-4-12(19)13(20)8-1-2-10-9(7-8)11(18)3-5-15-10/h1-3,5,7,12-13,19-20H,4,6H2,(H,15,18). The van der Waals surface area contributed by atoms with E-state index < -0.39 is 12.2 Å². The number of hydrogen-bond donors (Lipinski definition) is 3. The van der Waals surface area contributed by atoms with Crippen LogP contribution in [-0.2, 0) is 0 Å². The van der Waals surface area contributed by atoms with Gasteiger partial charge in [-0.3, -0.25) is 4.79 Å². The summed E-state index contributed by atoms with van der Waals surface area (Å²) in [6, 6.07) is 6.27. The smallest absolute Gasteiger partial charge is 0.189 e. The maximum Gasteiger partial charge on any atom is 0.189 e.